The molecule has 0 bridgehead atoms. The summed E-state index contributed by atoms with van der Waals surface area (Å²) in [7, 11) is -3.46. The lowest BCUT2D eigenvalue weighted by molar-refractivity contribution is 0.328. The van der Waals surface area contributed by atoms with E-state index < -0.39 is 10.0 Å². The van der Waals surface area contributed by atoms with Crippen molar-refractivity contribution >= 4 is 15.8 Å². The Hall–Kier alpha value is -1.14. The molecule has 2 rings (SSSR count). The van der Waals surface area contributed by atoms with Gasteiger partial charge in [-0.1, -0.05) is 6.92 Å². The van der Waals surface area contributed by atoms with Crippen LogP contribution in [0.4, 0.5) is 5.82 Å². The zero-order valence-corrected chi connectivity index (χ0v) is 11.5. The molecule has 18 heavy (non-hydrogen) atoms. The molecule has 5 nitrogen and oxygen atoms in total. The Bertz CT molecular complexity index is 530. The van der Waals surface area contributed by atoms with Gasteiger partial charge in [0.15, 0.2) is 0 Å². The van der Waals surface area contributed by atoms with Gasteiger partial charge in [0.1, 0.15) is 5.82 Å². The second-order valence-corrected chi connectivity index (χ2v) is 6.58. The van der Waals surface area contributed by atoms with E-state index in [9.17, 15) is 8.42 Å². The smallest absolute Gasteiger partial charge is 0.243 e. The SMILES string of the molecule is CCC1CCC(C)N1S(=O)(=O)c1ccnc(N)c1. The predicted octanol–water partition coefficient (Wildman–Crippen LogP) is 1.62. The number of rotatable bonds is 3. The minimum atomic E-state index is -3.46. The summed E-state index contributed by atoms with van der Waals surface area (Å²) in [6, 6.07) is 3.07. The van der Waals surface area contributed by atoms with Crippen LogP contribution < -0.4 is 5.73 Å². The van der Waals surface area contributed by atoms with Crippen molar-refractivity contribution in [2.75, 3.05) is 5.73 Å². The zero-order valence-electron chi connectivity index (χ0n) is 10.7. The van der Waals surface area contributed by atoms with Crippen LogP contribution in [0.25, 0.3) is 0 Å². The fourth-order valence-corrected chi connectivity index (χ4v) is 4.55. The molecule has 100 valence electrons. The normalized spacial score (nSPS) is 25.4. The molecule has 2 N–H and O–H groups in total. The van der Waals surface area contributed by atoms with Gasteiger partial charge in [0.2, 0.25) is 10.0 Å². The summed E-state index contributed by atoms with van der Waals surface area (Å²) in [6.45, 7) is 3.98. The van der Waals surface area contributed by atoms with Gasteiger partial charge in [-0.05, 0) is 32.3 Å². The van der Waals surface area contributed by atoms with Gasteiger partial charge in [-0.25, -0.2) is 13.4 Å². The fraction of sp³-hybridized carbons (Fsp3) is 0.583. The molecule has 1 fully saturated rings. The Labute approximate surface area is 108 Å². The highest BCUT2D eigenvalue weighted by Crippen LogP contribution is 2.32. The number of anilines is 1. The quantitative estimate of drug-likeness (QED) is 0.904. The molecule has 2 atom stereocenters. The van der Waals surface area contributed by atoms with Crippen molar-refractivity contribution in [1.82, 2.24) is 9.29 Å². The van der Waals surface area contributed by atoms with Crippen molar-refractivity contribution < 1.29 is 8.42 Å². The molecule has 0 aliphatic carbocycles. The second kappa shape index (κ2) is 4.85. The first-order valence-electron chi connectivity index (χ1n) is 6.22. The molecule has 1 saturated heterocycles. The maximum absolute atomic E-state index is 12.6. The third kappa shape index (κ3) is 2.22. The first-order valence-corrected chi connectivity index (χ1v) is 7.66. The highest BCUT2D eigenvalue weighted by Gasteiger charge is 2.39. The maximum Gasteiger partial charge on any atom is 0.243 e. The Kier molecular flexibility index (Phi) is 3.59. The van der Waals surface area contributed by atoms with Crippen LogP contribution >= 0.6 is 0 Å². The van der Waals surface area contributed by atoms with Gasteiger partial charge in [-0.15, -0.1) is 0 Å². The molecule has 1 aliphatic heterocycles. The molecule has 2 heterocycles. The summed E-state index contributed by atoms with van der Waals surface area (Å²) >= 11 is 0. The molecule has 6 heteroatoms. The van der Waals surface area contributed by atoms with Gasteiger partial charge in [0.25, 0.3) is 0 Å². The summed E-state index contributed by atoms with van der Waals surface area (Å²) < 4.78 is 26.8. The van der Waals surface area contributed by atoms with E-state index in [4.69, 9.17) is 5.73 Å². The van der Waals surface area contributed by atoms with Crippen LogP contribution in [0.3, 0.4) is 0 Å². The van der Waals surface area contributed by atoms with Crippen molar-refractivity contribution in [2.24, 2.45) is 0 Å². The Morgan fingerprint density at radius 3 is 2.83 bits per heavy atom. The van der Waals surface area contributed by atoms with Crippen molar-refractivity contribution in [2.45, 2.75) is 50.1 Å². The fourth-order valence-electron chi connectivity index (χ4n) is 2.58. The predicted molar refractivity (Wildman–Crippen MR) is 70.4 cm³/mol. The minimum Gasteiger partial charge on any atom is -0.384 e. The van der Waals surface area contributed by atoms with E-state index in [0.29, 0.717) is 0 Å². The van der Waals surface area contributed by atoms with E-state index in [1.807, 2.05) is 13.8 Å². The number of pyridine rings is 1. The number of nitrogens with two attached hydrogens (primary N) is 1. The molecular weight excluding hydrogens is 250 g/mol. The van der Waals surface area contributed by atoms with E-state index in [1.54, 1.807) is 4.31 Å². The van der Waals surface area contributed by atoms with Gasteiger partial charge < -0.3 is 5.73 Å². The zero-order chi connectivity index (χ0) is 13.3. The molecule has 0 spiro atoms. The number of hydrogen-bond acceptors (Lipinski definition) is 4. The van der Waals surface area contributed by atoms with Gasteiger partial charge >= 0.3 is 0 Å². The lowest BCUT2D eigenvalue weighted by atomic mass is 10.2. The van der Waals surface area contributed by atoms with Crippen LogP contribution in [0.5, 0.6) is 0 Å². The number of nitrogen functional groups attached to an aromatic ring is 1. The van der Waals surface area contributed by atoms with Crippen molar-refractivity contribution in [3.63, 3.8) is 0 Å². The minimum absolute atomic E-state index is 0.0503. The van der Waals surface area contributed by atoms with Crippen molar-refractivity contribution in [3.05, 3.63) is 18.3 Å². The van der Waals surface area contributed by atoms with E-state index in [2.05, 4.69) is 4.98 Å². The third-order valence-electron chi connectivity index (χ3n) is 3.51. The first kappa shape index (κ1) is 13.3. The van der Waals surface area contributed by atoms with Gasteiger partial charge in [0, 0.05) is 24.3 Å². The molecule has 0 saturated carbocycles. The van der Waals surface area contributed by atoms with Crippen molar-refractivity contribution in [1.29, 1.82) is 0 Å². The average Bonchev–Trinajstić information content (AvgIpc) is 2.71. The summed E-state index contributed by atoms with van der Waals surface area (Å²) in [5.74, 6) is 0.232. The Balaban J connectivity index is 2.42. The molecular formula is C12H19N3O2S. The summed E-state index contributed by atoms with van der Waals surface area (Å²) in [5, 5.41) is 0. The molecule has 1 aromatic rings. The number of aromatic nitrogens is 1. The highest BCUT2D eigenvalue weighted by atomic mass is 32.2. The van der Waals surface area contributed by atoms with Gasteiger partial charge in [-0.2, -0.15) is 4.31 Å². The van der Waals surface area contributed by atoms with Crippen LogP contribution in [0, 0.1) is 0 Å². The molecule has 0 amide bonds. The first-order chi connectivity index (χ1) is 8.46. The number of sulfonamides is 1. The molecule has 1 aliphatic rings. The Morgan fingerprint density at radius 2 is 2.22 bits per heavy atom. The highest BCUT2D eigenvalue weighted by molar-refractivity contribution is 7.89. The molecule has 1 aromatic heterocycles. The van der Waals surface area contributed by atoms with Gasteiger partial charge in [-0.3, -0.25) is 0 Å². The molecule has 0 aromatic carbocycles. The van der Waals surface area contributed by atoms with Crippen LogP contribution in [0.2, 0.25) is 0 Å². The van der Waals surface area contributed by atoms with Crippen LogP contribution in [-0.2, 0) is 10.0 Å². The maximum atomic E-state index is 12.6. The third-order valence-corrected chi connectivity index (χ3v) is 5.57. The second-order valence-electron chi connectivity index (χ2n) is 4.74. The van der Waals surface area contributed by atoms with Crippen molar-refractivity contribution in [3.8, 4) is 0 Å². The Morgan fingerprint density at radius 1 is 1.50 bits per heavy atom. The van der Waals surface area contributed by atoms with Crippen LogP contribution in [-0.4, -0.2) is 29.8 Å². The lowest BCUT2D eigenvalue weighted by Crippen LogP contribution is -2.39. The van der Waals surface area contributed by atoms with E-state index in [-0.39, 0.29) is 22.8 Å². The summed E-state index contributed by atoms with van der Waals surface area (Å²) in [5.41, 5.74) is 5.56. The van der Waals surface area contributed by atoms with E-state index in [1.165, 1.54) is 18.3 Å². The topological polar surface area (TPSA) is 76.3 Å². The molecule has 0 radical (unpaired) electrons. The average molecular weight is 269 g/mol. The van der Waals surface area contributed by atoms with Crippen LogP contribution in [0.1, 0.15) is 33.1 Å². The number of hydrogen-bond donors (Lipinski definition) is 1. The largest absolute Gasteiger partial charge is 0.384 e. The van der Waals surface area contributed by atoms with E-state index in [0.717, 1.165) is 19.3 Å². The van der Waals surface area contributed by atoms with E-state index >= 15 is 0 Å². The standard InChI is InChI=1S/C12H19N3O2S/c1-3-10-5-4-9(2)15(10)18(16,17)11-6-7-14-12(13)8-11/h6-10H,3-5H2,1-2H3,(H2,13,14). The summed E-state index contributed by atoms with van der Waals surface area (Å²) in [4.78, 5) is 4.07. The number of nitrogens with zero attached hydrogens (tertiary/aromatic N) is 2. The van der Waals surface area contributed by atoms with Crippen LogP contribution in [0.15, 0.2) is 23.2 Å². The van der Waals surface area contributed by atoms with Gasteiger partial charge in [0.05, 0.1) is 4.90 Å². The monoisotopic (exact) mass is 269 g/mol. The lowest BCUT2D eigenvalue weighted by Gasteiger charge is -2.26. The molecule has 2 unspecified atom stereocenters. The summed E-state index contributed by atoms with van der Waals surface area (Å²) in [6.07, 6.45) is 4.11.